The number of aromatic nitrogens is 2. The third kappa shape index (κ3) is 3.02. The number of pyridine rings is 1. The highest BCUT2D eigenvalue weighted by Gasteiger charge is 2.19. The lowest BCUT2D eigenvalue weighted by Gasteiger charge is -2.17. The molecule has 0 radical (unpaired) electrons. The fraction of sp³-hybridized carbons (Fsp3) is 0.300. The number of nitrogens with zero attached hydrogens (tertiary/aromatic N) is 3. The molecule has 25 heavy (non-hydrogen) atoms. The molecule has 1 amide bonds. The Hall–Kier alpha value is -2.69. The summed E-state index contributed by atoms with van der Waals surface area (Å²) in [5.41, 5.74) is 4.66. The normalized spacial score (nSPS) is 14.4. The molecule has 0 bridgehead atoms. The number of rotatable bonds is 3. The first-order valence-electron chi connectivity index (χ1n) is 8.61. The zero-order chi connectivity index (χ0) is 17.4. The highest BCUT2D eigenvalue weighted by molar-refractivity contribution is 5.85. The smallest absolute Gasteiger partial charge is 0.242 e. The molecular formula is C20H20FN3O. The molecule has 128 valence electrons. The lowest BCUT2D eigenvalue weighted by atomic mass is 10.1. The molecule has 1 aliphatic rings. The van der Waals surface area contributed by atoms with E-state index in [1.165, 1.54) is 12.1 Å². The molecule has 4 nitrogen and oxygen atoms in total. The summed E-state index contributed by atoms with van der Waals surface area (Å²) in [7, 11) is 0. The number of amides is 1. The minimum Gasteiger partial charge on any atom is -0.341 e. The summed E-state index contributed by atoms with van der Waals surface area (Å²) in [6.07, 6.45) is 3.97. The van der Waals surface area contributed by atoms with Crippen LogP contribution in [0.15, 0.2) is 42.6 Å². The molecule has 1 aromatic carbocycles. The van der Waals surface area contributed by atoms with Gasteiger partial charge in [-0.25, -0.2) is 4.39 Å². The van der Waals surface area contributed by atoms with Gasteiger partial charge in [0.1, 0.15) is 12.4 Å². The van der Waals surface area contributed by atoms with Gasteiger partial charge in [0.05, 0.1) is 11.0 Å². The summed E-state index contributed by atoms with van der Waals surface area (Å²) in [4.78, 5) is 19.0. The van der Waals surface area contributed by atoms with E-state index in [1.807, 2.05) is 28.5 Å². The van der Waals surface area contributed by atoms with Gasteiger partial charge in [-0.05, 0) is 49.6 Å². The molecule has 0 saturated carbocycles. The Balaban J connectivity index is 1.71. The van der Waals surface area contributed by atoms with Gasteiger partial charge >= 0.3 is 0 Å². The van der Waals surface area contributed by atoms with Gasteiger partial charge in [-0.15, -0.1) is 0 Å². The second-order valence-corrected chi connectivity index (χ2v) is 6.60. The van der Waals surface area contributed by atoms with Crippen molar-refractivity contribution in [3.8, 4) is 11.1 Å². The molecule has 4 rings (SSSR count). The molecular weight excluding hydrogens is 317 g/mol. The number of hydrogen-bond donors (Lipinski definition) is 0. The average molecular weight is 337 g/mol. The van der Waals surface area contributed by atoms with E-state index < -0.39 is 0 Å². The molecule has 0 aliphatic carbocycles. The zero-order valence-electron chi connectivity index (χ0n) is 14.2. The van der Waals surface area contributed by atoms with Gasteiger partial charge in [0.15, 0.2) is 0 Å². The number of benzene rings is 1. The number of aryl methyl sites for hydroxylation is 1. The van der Waals surface area contributed by atoms with Crippen LogP contribution >= 0.6 is 0 Å². The van der Waals surface area contributed by atoms with E-state index in [-0.39, 0.29) is 11.7 Å². The summed E-state index contributed by atoms with van der Waals surface area (Å²) in [5.74, 6) is -0.0986. The van der Waals surface area contributed by atoms with Crippen LogP contribution in [0.25, 0.3) is 22.2 Å². The first-order chi connectivity index (χ1) is 12.1. The van der Waals surface area contributed by atoms with Crippen molar-refractivity contribution in [3.63, 3.8) is 0 Å². The number of halogens is 1. The molecule has 1 aliphatic heterocycles. The molecule has 0 unspecified atom stereocenters. The number of fused-ring (bicyclic) bond motifs is 1. The molecule has 2 aromatic heterocycles. The van der Waals surface area contributed by atoms with Gasteiger partial charge in [0.25, 0.3) is 0 Å². The van der Waals surface area contributed by atoms with Gasteiger partial charge in [-0.1, -0.05) is 12.1 Å². The minimum absolute atomic E-state index is 0.158. The molecule has 0 N–H and O–H groups in total. The van der Waals surface area contributed by atoms with Crippen molar-refractivity contribution in [2.45, 2.75) is 26.3 Å². The van der Waals surface area contributed by atoms with Crippen molar-refractivity contribution in [3.05, 3.63) is 54.1 Å². The van der Waals surface area contributed by atoms with Gasteiger partial charge in [0.2, 0.25) is 5.91 Å². The third-order valence-corrected chi connectivity index (χ3v) is 4.89. The van der Waals surface area contributed by atoms with Crippen molar-refractivity contribution >= 4 is 16.9 Å². The Labute approximate surface area is 145 Å². The van der Waals surface area contributed by atoms with Crippen molar-refractivity contribution in [2.24, 2.45) is 0 Å². The Morgan fingerprint density at radius 3 is 2.56 bits per heavy atom. The predicted octanol–water partition coefficient (Wildman–Crippen LogP) is 3.77. The largest absolute Gasteiger partial charge is 0.341 e. The number of carbonyl (C=O) groups excluding carboxylic acids is 1. The van der Waals surface area contributed by atoms with Crippen LogP contribution in [0.5, 0.6) is 0 Å². The highest BCUT2D eigenvalue weighted by Crippen LogP contribution is 2.25. The Morgan fingerprint density at radius 1 is 1.12 bits per heavy atom. The second-order valence-electron chi connectivity index (χ2n) is 6.60. The van der Waals surface area contributed by atoms with E-state index in [0.717, 1.165) is 53.8 Å². The quantitative estimate of drug-likeness (QED) is 0.730. The molecule has 1 saturated heterocycles. The maximum atomic E-state index is 13.2. The second kappa shape index (κ2) is 6.31. The summed E-state index contributed by atoms with van der Waals surface area (Å²) in [6.45, 7) is 4.05. The van der Waals surface area contributed by atoms with Gasteiger partial charge in [-0.2, -0.15) is 0 Å². The van der Waals surface area contributed by atoms with Crippen LogP contribution in [0.4, 0.5) is 4.39 Å². The Morgan fingerprint density at radius 2 is 1.84 bits per heavy atom. The molecule has 0 spiro atoms. The highest BCUT2D eigenvalue weighted by atomic mass is 19.1. The van der Waals surface area contributed by atoms with Crippen LogP contribution in [-0.2, 0) is 11.3 Å². The SMILES string of the molecule is Cc1cc2ncc(-c3ccc(F)cc3)cc2n1CC(=O)N1CCCC1. The monoisotopic (exact) mass is 337 g/mol. The van der Waals surface area contributed by atoms with E-state index in [0.29, 0.717) is 6.54 Å². The van der Waals surface area contributed by atoms with E-state index >= 15 is 0 Å². The van der Waals surface area contributed by atoms with Gasteiger partial charge < -0.3 is 9.47 Å². The minimum atomic E-state index is -0.256. The number of carbonyl (C=O) groups is 1. The fourth-order valence-electron chi connectivity index (χ4n) is 3.47. The maximum Gasteiger partial charge on any atom is 0.242 e. The maximum absolute atomic E-state index is 13.2. The first-order valence-corrected chi connectivity index (χ1v) is 8.61. The molecule has 1 fully saturated rings. The van der Waals surface area contributed by atoms with Crippen LogP contribution in [0.3, 0.4) is 0 Å². The third-order valence-electron chi connectivity index (χ3n) is 4.89. The lowest BCUT2D eigenvalue weighted by molar-refractivity contribution is -0.130. The standard InChI is InChI=1S/C20H20FN3O/c1-14-10-18-19(24(14)13-20(25)23-8-2-3-9-23)11-16(12-22-18)15-4-6-17(21)7-5-15/h4-7,10-12H,2-3,8-9,13H2,1H3. The van der Waals surface area contributed by atoms with Crippen molar-refractivity contribution < 1.29 is 9.18 Å². The molecule has 3 aromatic rings. The molecule has 0 atom stereocenters. The van der Waals surface area contributed by atoms with Crippen molar-refractivity contribution in [2.75, 3.05) is 13.1 Å². The number of hydrogen-bond acceptors (Lipinski definition) is 2. The molecule has 3 heterocycles. The van der Waals surface area contributed by atoms with E-state index in [2.05, 4.69) is 4.98 Å². The molecule has 5 heteroatoms. The fourth-order valence-corrected chi connectivity index (χ4v) is 3.47. The van der Waals surface area contributed by atoms with E-state index in [4.69, 9.17) is 0 Å². The van der Waals surface area contributed by atoms with Gasteiger partial charge in [0, 0.05) is 30.5 Å². The number of likely N-dealkylation sites (tertiary alicyclic amines) is 1. The summed E-state index contributed by atoms with van der Waals surface area (Å²) >= 11 is 0. The first kappa shape index (κ1) is 15.8. The van der Waals surface area contributed by atoms with Gasteiger partial charge in [-0.3, -0.25) is 9.78 Å². The summed E-state index contributed by atoms with van der Waals surface area (Å²) < 4.78 is 15.2. The predicted molar refractivity (Wildman–Crippen MR) is 95.7 cm³/mol. The van der Waals surface area contributed by atoms with Crippen LogP contribution in [0.2, 0.25) is 0 Å². The van der Waals surface area contributed by atoms with Crippen LogP contribution in [0, 0.1) is 12.7 Å². The van der Waals surface area contributed by atoms with E-state index in [1.54, 1.807) is 18.3 Å². The summed E-state index contributed by atoms with van der Waals surface area (Å²) in [5, 5.41) is 0. The topological polar surface area (TPSA) is 38.1 Å². The Bertz CT molecular complexity index is 924. The van der Waals surface area contributed by atoms with Crippen LogP contribution in [0.1, 0.15) is 18.5 Å². The summed E-state index contributed by atoms with van der Waals surface area (Å²) in [6, 6.07) is 10.4. The Kier molecular flexibility index (Phi) is 3.99. The lowest BCUT2D eigenvalue weighted by Crippen LogP contribution is -2.31. The van der Waals surface area contributed by atoms with Crippen molar-refractivity contribution in [1.29, 1.82) is 0 Å². The van der Waals surface area contributed by atoms with Crippen LogP contribution in [-0.4, -0.2) is 33.4 Å². The zero-order valence-corrected chi connectivity index (χ0v) is 14.2. The van der Waals surface area contributed by atoms with Crippen molar-refractivity contribution in [1.82, 2.24) is 14.5 Å². The van der Waals surface area contributed by atoms with Crippen LogP contribution < -0.4 is 0 Å². The average Bonchev–Trinajstić information content (AvgIpc) is 3.24. The van der Waals surface area contributed by atoms with E-state index in [9.17, 15) is 9.18 Å².